The first-order chi connectivity index (χ1) is 16.3. The minimum absolute atomic E-state index is 0.0367. The number of nitrogens with one attached hydrogen (secondary N) is 1. The Morgan fingerprint density at radius 2 is 2.12 bits per heavy atom. The van der Waals surface area contributed by atoms with E-state index < -0.39 is 17.3 Å². The molecule has 2 aliphatic heterocycles. The molecule has 0 bridgehead atoms. The van der Waals surface area contributed by atoms with E-state index in [9.17, 15) is 19.1 Å². The van der Waals surface area contributed by atoms with Crippen LogP contribution in [0.4, 0.5) is 4.39 Å². The minimum Gasteiger partial charge on any atom is -0.493 e. The van der Waals surface area contributed by atoms with Gasteiger partial charge in [0.1, 0.15) is 0 Å². The first-order valence-electron chi connectivity index (χ1n) is 11.8. The van der Waals surface area contributed by atoms with Gasteiger partial charge in [0.25, 0.3) is 5.91 Å². The highest BCUT2D eigenvalue weighted by molar-refractivity contribution is 5.97. The second-order valence-electron chi connectivity index (χ2n) is 9.51. The zero-order valence-electron chi connectivity index (χ0n) is 19.9. The molecule has 184 valence electrons. The number of amides is 1. The summed E-state index contributed by atoms with van der Waals surface area (Å²) < 4.78 is 27.4. The number of carboxylic acid groups (broad SMARTS) is 1. The van der Waals surface area contributed by atoms with Crippen LogP contribution in [0.25, 0.3) is 0 Å². The number of benzene rings is 1. The summed E-state index contributed by atoms with van der Waals surface area (Å²) in [5.41, 5.74) is 2.59. The number of rotatable bonds is 7. The molecular weight excluding hydrogens is 441 g/mol. The highest BCUT2D eigenvalue weighted by atomic mass is 19.1. The van der Waals surface area contributed by atoms with Crippen molar-refractivity contribution in [3.05, 3.63) is 46.0 Å². The highest BCUT2D eigenvalue weighted by Gasteiger charge is 2.39. The molecule has 8 nitrogen and oxygen atoms in total. The molecule has 2 N–H and O–H groups in total. The lowest BCUT2D eigenvalue weighted by Gasteiger charge is -2.36. The van der Waals surface area contributed by atoms with Gasteiger partial charge in [0.15, 0.2) is 11.6 Å². The van der Waals surface area contributed by atoms with E-state index in [0.29, 0.717) is 50.3 Å². The normalized spacial score (nSPS) is 18.2. The molecule has 0 unspecified atom stereocenters. The number of fused-ring (bicyclic) bond motifs is 1. The molecule has 1 saturated heterocycles. The lowest BCUT2D eigenvalue weighted by Crippen LogP contribution is -2.40. The standard InChI is InChI=1S/C25H32FN3O5/c1-4-18-20-19(12-25(14-27-23(20)30)7-9-34-10-8-25)29(28-18)13-15(2)11-16-5-6-17(24(31)32)21(26)22(16)33-3/h5-6,15H,4,7-14H2,1-3H3,(H,27,30)(H,31,32)/t15-/m1/s1. The van der Waals surface area contributed by atoms with Gasteiger partial charge in [-0.1, -0.05) is 19.9 Å². The number of carbonyl (C=O) groups excluding carboxylic acids is 1. The molecule has 1 fully saturated rings. The topological polar surface area (TPSA) is 103 Å². The van der Waals surface area contributed by atoms with Gasteiger partial charge in [0.05, 0.1) is 29.6 Å². The maximum absolute atomic E-state index is 14.6. The maximum Gasteiger partial charge on any atom is 0.338 e. The van der Waals surface area contributed by atoms with Crippen LogP contribution >= 0.6 is 0 Å². The molecule has 9 heteroatoms. The van der Waals surface area contributed by atoms with Crippen molar-refractivity contribution in [1.29, 1.82) is 0 Å². The SMILES string of the molecule is CCc1nn(C[C@H](C)Cc2ccc(C(=O)O)c(F)c2OC)c2c1C(=O)NCC1(CCOCC1)C2. The summed E-state index contributed by atoms with van der Waals surface area (Å²) in [7, 11) is 1.34. The summed E-state index contributed by atoms with van der Waals surface area (Å²) in [6, 6.07) is 2.88. The molecule has 1 amide bonds. The monoisotopic (exact) mass is 473 g/mol. The number of aryl methyl sites for hydroxylation is 1. The number of methoxy groups -OCH3 is 1. The van der Waals surface area contributed by atoms with E-state index in [-0.39, 0.29) is 23.0 Å². The van der Waals surface area contributed by atoms with Gasteiger partial charge in [-0.25, -0.2) is 9.18 Å². The van der Waals surface area contributed by atoms with E-state index in [4.69, 9.17) is 14.6 Å². The molecule has 0 saturated carbocycles. The van der Waals surface area contributed by atoms with Gasteiger partial charge >= 0.3 is 5.97 Å². The van der Waals surface area contributed by atoms with Crippen LogP contribution in [0, 0.1) is 17.2 Å². The lowest BCUT2D eigenvalue weighted by atomic mass is 9.76. The van der Waals surface area contributed by atoms with Gasteiger partial charge < -0.3 is 19.9 Å². The molecule has 3 heterocycles. The largest absolute Gasteiger partial charge is 0.493 e. The Morgan fingerprint density at radius 1 is 1.38 bits per heavy atom. The number of ether oxygens (including phenoxy) is 2. The zero-order valence-corrected chi connectivity index (χ0v) is 19.9. The zero-order chi connectivity index (χ0) is 24.5. The minimum atomic E-state index is -1.33. The Morgan fingerprint density at radius 3 is 2.76 bits per heavy atom. The number of aromatic nitrogens is 2. The van der Waals surface area contributed by atoms with Crippen LogP contribution < -0.4 is 10.1 Å². The average Bonchev–Trinajstić information content (AvgIpc) is 3.07. The van der Waals surface area contributed by atoms with Crippen molar-refractivity contribution < 1.29 is 28.6 Å². The summed E-state index contributed by atoms with van der Waals surface area (Å²) in [6.45, 7) is 6.59. The first kappa shape index (κ1) is 24.2. The molecule has 0 radical (unpaired) electrons. The lowest BCUT2D eigenvalue weighted by molar-refractivity contribution is 0.0152. The van der Waals surface area contributed by atoms with Crippen LogP contribution in [0.1, 0.15) is 64.4 Å². The Kier molecular flexibility index (Phi) is 6.93. The van der Waals surface area contributed by atoms with Crippen LogP contribution in [0.5, 0.6) is 5.75 Å². The second-order valence-corrected chi connectivity index (χ2v) is 9.51. The van der Waals surface area contributed by atoms with Crippen LogP contribution in [0.2, 0.25) is 0 Å². The second kappa shape index (κ2) is 9.74. The van der Waals surface area contributed by atoms with Crippen LogP contribution in [-0.4, -0.2) is 53.6 Å². The van der Waals surface area contributed by atoms with Gasteiger partial charge in [-0.2, -0.15) is 5.10 Å². The third kappa shape index (κ3) is 4.53. The van der Waals surface area contributed by atoms with E-state index in [1.54, 1.807) is 6.07 Å². The molecular formula is C25H32FN3O5. The van der Waals surface area contributed by atoms with Crippen LogP contribution in [0.3, 0.4) is 0 Å². The molecule has 34 heavy (non-hydrogen) atoms. The van der Waals surface area contributed by atoms with Gasteiger partial charge in [-0.3, -0.25) is 9.48 Å². The fraction of sp³-hybridized carbons (Fsp3) is 0.560. The van der Waals surface area contributed by atoms with E-state index in [2.05, 4.69) is 5.32 Å². The Labute approximate surface area is 198 Å². The van der Waals surface area contributed by atoms with Gasteiger partial charge in [-0.15, -0.1) is 0 Å². The molecule has 2 aliphatic rings. The van der Waals surface area contributed by atoms with Crippen molar-refractivity contribution in [2.45, 2.75) is 52.5 Å². The smallest absolute Gasteiger partial charge is 0.338 e. The Hall–Kier alpha value is -2.94. The third-order valence-corrected chi connectivity index (χ3v) is 7.08. The molecule has 0 aliphatic carbocycles. The fourth-order valence-electron chi connectivity index (χ4n) is 5.20. The van der Waals surface area contributed by atoms with Crippen molar-refractivity contribution in [2.24, 2.45) is 11.3 Å². The third-order valence-electron chi connectivity index (χ3n) is 7.08. The molecule has 2 aromatic rings. The molecule has 1 spiro atoms. The van der Waals surface area contributed by atoms with Crippen LogP contribution in [0.15, 0.2) is 12.1 Å². The summed E-state index contributed by atoms with van der Waals surface area (Å²) >= 11 is 0. The molecule has 1 aromatic carbocycles. The predicted octanol–water partition coefficient (Wildman–Crippen LogP) is 3.25. The summed E-state index contributed by atoms with van der Waals surface area (Å²) in [4.78, 5) is 24.3. The van der Waals surface area contributed by atoms with Gasteiger partial charge in [-0.05, 0) is 55.1 Å². The Balaban J connectivity index is 1.62. The van der Waals surface area contributed by atoms with E-state index in [0.717, 1.165) is 30.7 Å². The van der Waals surface area contributed by atoms with Crippen molar-refractivity contribution in [3.8, 4) is 5.75 Å². The van der Waals surface area contributed by atoms with E-state index in [1.807, 2.05) is 18.5 Å². The maximum atomic E-state index is 14.6. The van der Waals surface area contributed by atoms with Crippen molar-refractivity contribution in [1.82, 2.24) is 15.1 Å². The number of halogens is 1. The molecule has 1 atom stereocenters. The van der Waals surface area contributed by atoms with Crippen LogP contribution in [-0.2, 0) is 30.5 Å². The van der Waals surface area contributed by atoms with Gasteiger partial charge in [0.2, 0.25) is 0 Å². The Bertz CT molecular complexity index is 1090. The average molecular weight is 474 g/mol. The number of hydrogen-bond acceptors (Lipinski definition) is 5. The van der Waals surface area contributed by atoms with Crippen molar-refractivity contribution in [3.63, 3.8) is 0 Å². The fourth-order valence-corrected chi connectivity index (χ4v) is 5.20. The summed E-state index contributed by atoms with van der Waals surface area (Å²) in [5.74, 6) is -2.27. The molecule has 1 aromatic heterocycles. The van der Waals surface area contributed by atoms with Crippen molar-refractivity contribution >= 4 is 11.9 Å². The number of carboxylic acids is 1. The van der Waals surface area contributed by atoms with E-state index in [1.165, 1.54) is 13.2 Å². The quantitative estimate of drug-likeness (QED) is 0.640. The number of nitrogens with zero attached hydrogens (tertiary/aromatic N) is 2. The number of carbonyl (C=O) groups is 2. The number of aromatic carboxylic acids is 1. The predicted molar refractivity (Wildman–Crippen MR) is 123 cm³/mol. The number of hydrogen-bond donors (Lipinski definition) is 2. The summed E-state index contributed by atoms with van der Waals surface area (Å²) in [5, 5.41) is 17.1. The van der Waals surface area contributed by atoms with Crippen molar-refractivity contribution in [2.75, 3.05) is 26.9 Å². The first-order valence-corrected chi connectivity index (χ1v) is 11.8. The summed E-state index contributed by atoms with van der Waals surface area (Å²) in [6.07, 6.45) is 3.67. The van der Waals surface area contributed by atoms with Gasteiger partial charge in [0, 0.05) is 26.3 Å². The highest BCUT2D eigenvalue weighted by Crippen LogP contribution is 2.37. The molecule has 4 rings (SSSR count). The van der Waals surface area contributed by atoms with E-state index >= 15 is 0 Å².